The minimum Gasteiger partial charge on any atom is -0.380 e. The van der Waals surface area contributed by atoms with Crippen molar-refractivity contribution in [2.24, 2.45) is 5.41 Å². The van der Waals surface area contributed by atoms with E-state index in [1.165, 1.54) is 0 Å². The molecule has 0 unspecified atom stereocenters. The van der Waals surface area contributed by atoms with Crippen LogP contribution in [0.4, 0.5) is 0 Å². The van der Waals surface area contributed by atoms with Gasteiger partial charge in [0.05, 0.1) is 13.2 Å². The van der Waals surface area contributed by atoms with Crippen molar-refractivity contribution in [1.82, 2.24) is 20.1 Å². The molecule has 1 aromatic rings. The van der Waals surface area contributed by atoms with Gasteiger partial charge in [-0.1, -0.05) is 6.92 Å². The molecular formula is C12H18N4O2. The largest absolute Gasteiger partial charge is 0.380 e. The second kappa shape index (κ2) is 4.35. The van der Waals surface area contributed by atoms with E-state index in [9.17, 15) is 4.79 Å². The summed E-state index contributed by atoms with van der Waals surface area (Å²) >= 11 is 0. The van der Waals surface area contributed by atoms with Crippen LogP contribution >= 0.6 is 0 Å². The molecule has 0 aromatic carbocycles. The highest BCUT2D eigenvalue weighted by molar-refractivity contribution is 5.90. The number of carbonyl (C=O) groups is 1. The van der Waals surface area contributed by atoms with Crippen molar-refractivity contribution >= 4 is 5.91 Å². The molecule has 3 heterocycles. The third-order valence-electron chi connectivity index (χ3n) is 3.64. The molecule has 98 valence electrons. The Kier molecular flexibility index (Phi) is 2.81. The number of rotatable bonds is 3. The molecule has 0 atom stereocenters. The third-order valence-corrected chi connectivity index (χ3v) is 3.64. The van der Waals surface area contributed by atoms with Crippen LogP contribution in [-0.2, 0) is 17.7 Å². The van der Waals surface area contributed by atoms with Crippen LogP contribution in [0.2, 0.25) is 0 Å². The van der Waals surface area contributed by atoms with E-state index in [-0.39, 0.29) is 11.3 Å². The van der Waals surface area contributed by atoms with Crippen LogP contribution in [0.3, 0.4) is 0 Å². The Hall–Kier alpha value is -1.43. The summed E-state index contributed by atoms with van der Waals surface area (Å²) in [6, 6.07) is 0. The first-order valence-electron chi connectivity index (χ1n) is 6.46. The zero-order valence-corrected chi connectivity index (χ0v) is 10.6. The molecule has 1 amide bonds. The van der Waals surface area contributed by atoms with E-state index >= 15 is 0 Å². The second-order valence-corrected chi connectivity index (χ2v) is 5.53. The van der Waals surface area contributed by atoms with Crippen molar-refractivity contribution in [3.63, 3.8) is 0 Å². The predicted octanol–water partition coefficient (Wildman–Crippen LogP) is 0.381. The summed E-state index contributed by atoms with van der Waals surface area (Å²) in [5.41, 5.74) is 0.0837. The lowest BCUT2D eigenvalue weighted by Crippen LogP contribution is -2.48. The average molecular weight is 250 g/mol. The second-order valence-electron chi connectivity index (χ2n) is 5.53. The van der Waals surface area contributed by atoms with Crippen molar-refractivity contribution < 1.29 is 9.53 Å². The summed E-state index contributed by atoms with van der Waals surface area (Å²) in [6.07, 6.45) is 3.15. The fraction of sp³-hybridized carbons (Fsp3) is 0.750. The molecule has 1 fully saturated rings. The molecule has 18 heavy (non-hydrogen) atoms. The molecule has 3 rings (SSSR count). The van der Waals surface area contributed by atoms with Crippen LogP contribution in [0.15, 0.2) is 0 Å². The Morgan fingerprint density at radius 2 is 2.28 bits per heavy atom. The van der Waals surface area contributed by atoms with Crippen molar-refractivity contribution in [1.29, 1.82) is 0 Å². The quantitative estimate of drug-likeness (QED) is 0.842. The van der Waals surface area contributed by atoms with E-state index in [2.05, 4.69) is 22.4 Å². The molecule has 0 radical (unpaired) electrons. The Morgan fingerprint density at radius 1 is 1.44 bits per heavy atom. The van der Waals surface area contributed by atoms with E-state index in [0.29, 0.717) is 25.6 Å². The van der Waals surface area contributed by atoms with E-state index in [1.54, 1.807) is 0 Å². The van der Waals surface area contributed by atoms with Gasteiger partial charge in [-0.05, 0) is 12.8 Å². The monoisotopic (exact) mass is 250 g/mol. The fourth-order valence-electron chi connectivity index (χ4n) is 2.40. The molecule has 6 heteroatoms. The van der Waals surface area contributed by atoms with Gasteiger partial charge in [-0.2, -0.15) is 0 Å². The summed E-state index contributed by atoms with van der Waals surface area (Å²) in [6.45, 7) is 5.02. The van der Waals surface area contributed by atoms with E-state index in [4.69, 9.17) is 4.74 Å². The fourth-order valence-corrected chi connectivity index (χ4v) is 2.40. The van der Waals surface area contributed by atoms with Gasteiger partial charge in [-0.15, -0.1) is 10.2 Å². The van der Waals surface area contributed by atoms with Gasteiger partial charge in [-0.25, -0.2) is 0 Å². The number of ether oxygens (including phenoxy) is 1. The van der Waals surface area contributed by atoms with Crippen LogP contribution in [0.1, 0.15) is 36.2 Å². The minimum atomic E-state index is -0.122. The van der Waals surface area contributed by atoms with Gasteiger partial charge in [0.15, 0.2) is 0 Å². The lowest BCUT2D eigenvalue weighted by atomic mass is 9.89. The molecule has 0 spiro atoms. The molecule has 1 saturated heterocycles. The molecular weight excluding hydrogens is 232 g/mol. The van der Waals surface area contributed by atoms with Gasteiger partial charge >= 0.3 is 0 Å². The molecule has 0 saturated carbocycles. The lowest BCUT2D eigenvalue weighted by Gasteiger charge is -2.37. The number of aromatic nitrogens is 3. The van der Waals surface area contributed by atoms with E-state index < -0.39 is 0 Å². The lowest BCUT2D eigenvalue weighted by molar-refractivity contribution is -0.0978. The van der Waals surface area contributed by atoms with Crippen LogP contribution in [-0.4, -0.2) is 40.4 Å². The van der Waals surface area contributed by atoms with E-state index in [1.807, 2.05) is 4.57 Å². The maximum atomic E-state index is 12.1. The van der Waals surface area contributed by atoms with E-state index in [0.717, 1.165) is 31.6 Å². The number of carbonyl (C=O) groups excluding carboxylic acids is 1. The number of fused-ring (bicyclic) bond motifs is 1. The predicted molar refractivity (Wildman–Crippen MR) is 64.2 cm³/mol. The topological polar surface area (TPSA) is 69.0 Å². The molecule has 1 aromatic heterocycles. The SMILES string of the molecule is CC1(CNC(=O)c2nnc3n2CCCC3)COC1. The van der Waals surface area contributed by atoms with Gasteiger partial charge in [0.25, 0.3) is 5.91 Å². The summed E-state index contributed by atoms with van der Waals surface area (Å²) in [5, 5.41) is 11.0. The third kappa shape index (κ3) is 2.01. The Morgan fingerprint density at radius 3 is 3.00 bits per heavy atom. The highest BCUT2D eigenvalue weighted by Crippen LogP contribution is 2.25. The van der Waals surface area contributed by atoms with Crippen LogP contribution in [0, 0.1) is 5.41 Å². The Labute approximate surface area is 106 Å². The number of nitrogens with one attached hydrogen (secondary N) is 1. The molecule has 2 aliphatic heterocycles. The highest BCUT2D eigenvalue weighted by atomic mass is 16.5. The standard InChI is InChI=1S/C12H18N4O2/c1-12(7-18-8-12)6-13-11(17)10-15-14-9-4-2-3-5-16(9)10/h2-8H2,1H3,(H,13,17). The first-order valence-corrected chi connectivity index (χ1v) is 6.46. The van der Waals surface area contributed by atoms with Crippen molar-refractivity contribution in [3.8, 4) is 0 Å². The minimum absolute atomic E-state index is 0.0837. The Bertz CT molecular complexity index is 465. The van der Waals surface area contributed by atoms with Crippen molar-refractivity contribution in [2.75, 3.05) is 19.8 Å². The average Bonchev–Trinajstić information content (AvgIpc) is 2.77. The maximum absolute atomic E-state index is 12.1. The van der Waals surface area contributed by atoms with Crippen molar-refractivity contribution in [3.05, 3.63) is 11.6 Å². The van der Waals surface area contributed by atoms with Crippen LogP contribution in [0.5, 0.6) is 0 Å². The maximum Gasteiger partial charge on any atom is 0.289 e. The Balaban J connectivity index is 1.67. The van der Waals surface area contributed by atoms with Crippen molar-refractivity contribution in [2.45, 2.75) is 32.7 Å². The molecule has 0 aliphatic carbocycles. The number of aryl methyl sites for hydroxylation is 1. The summed E-state index contributed by atoms with van der Waals surface area (Å²) in [7, 11) is 0. The first kappa shape index (κ1) is 11.6. The summed E-state index contributed by atoms with van der Waals surface area (Å²) < 4.78 is 7.11. The van der Waals surface area contributed by atoms with Crippen LogP contribution in [0.25, 0.3) is 0 Å². The van der Waals surface area contributed by atoms with Crippen LogP contribution < -0.4 is 5.32 Å². The molecule has 1 N–H and O–H groups in total. The number of nitrogens with zero attached hydrogens (tertiary/aromatic N) is 3. The zero-order valence-electron chi connectivity index (χ0n) is 10.6. The highest BCUT2D eigenvalue weighted by Gasteiger charge is 2.34. The first-order chi connectivity index (χ1) is 8.68. The number of hydrogen-bond acceptors (Lipinski definition) is 4. The molecule has 2 aliphatic rings. The zero-order chi connectivity index (χ0) is 12.6. The van der Waals surface area contributed by atoms with Gasteiger partial charge in [-0.3, -0.25) is 4.79 Å². The smallest absolute Gasteiger partial charge is 0.289 e. The summed E-state index contributed by atoms with van der Waals surface area (Å²) in [4.78, 5) is 12.1. The van der Waals surface area contributed by atoms with Gasteiger partial charge < -0.3 is 14.6 Å². The summed E-state index contributed by atoms with van der Waals surface area (Å²) in [5.74, 6) is 1.27. The molecule has 0 bridgehead atoms. The molecule has 6 nitrogen and oxygen atoms in total. The van der Waals surface area contributed by atoms with Gasteiger partial charge in [0, 0.05) is 24.9 Å². The normalized spacial score (nSPS) is 20.9. The van der Waals surface area contributed by atoms with Gasteiger partial charge in [0.2, 0.25) is 5.82 Å². The number of amides is 1. The van der Waals surface area contributed by atoms with Gasteiger partial charge in [0.1, 0.15) is 5.82 Å². The number of hydrogen-bond donors (Lipinski definition) is 1.